The first kappa shape index (κ1) is 12.8. The van der Waals surface area contributed by atoms with Crippen LogP contribution in [0.15, 0.2) is 24.3 Å². The van der Waals surface area contributed by atoms with Crippen molar-refractivity contribution in [1.29, 1.82) is 0 Å². The molecule has 0 rings (SSSR count). The van der Waals surface area contributed by atoms with E-state index in [1.165, 1.54) is 25.7 Å². The molecule has 0 spiro atoms. The number of unbranched alkanes of at least 4 members (excludes halogenated alkanes) is 2. The summed E-state index contributed by atoms with van der Waals surface area (Å²) in [5.74, 6) is 2.33. The van der Waals surface area contributed by atoms with Gasteiger partial charge in [0.2, 0.25) is 0 Å². The lowest BCUT2D eigenvalue weighted by molar-refractivity contribution is 0.957. The van der Waals surface area contributed by atoms with Crippen molar-refractivity contribution in [2.24, 2.45) is 0 Å². The monoisotopic (exact) mass is 198 g/mol. The average molecular weight is 198 g/mol. The molecule has 0 aliphatic rings. The van der Waals surface area contributed by atoms with Gasteiger partial charge in [-0.1, -0.05) is 51.0 Å². The smallest absolute Gasteiger partial charge is 0.0116 e. The first-order chi connectivity index (χ1) is 6.41. The molecule has 0 bridgehead atoms. The van der Waals surface area contributed by atoms with Crippen LogP contribution in [-0.2, 0) is 0 Å². The Hall–Kier alpha value is -0.170. The van der Waals surface area contributed by atoms with Gasteiger partial charge in [-0.3, -0.25) is 0 Å². The van der Waals surface area contributed by atoms with Gasteiger partial charge in [-0.15, -0.1) is 0 Å². The van der Waals surface area contributed by atoms with Crippen LogP contribution in [0.2, 0.25) is 0 Å². The Morgan fingerprint density at radius 1 is 0.769 bits per heavy atom. The Morgan fingerprint density at radius 2 is 1.23 bits per heavy atom. The van der Waals surface area contributed by atoms with E-state index in [9.17, 15) is 0 Å². The quantitative estimate of drug-likeness (QED) is 0.410. The van der Waals surface area contributed by atoms with Crippen LogP contribution >= 0.6 is 11.8 Å². The molecule has 0 nitrogen and oxygen atoms in total. The molecule has 0 atom stereocenters. The van der Waals surface area contributed by atoms with Crippen LogP contribution < -0.4 is 0 Å². The van der Waals surface area contributed by atoms with Gasteiger partial charge in [0.25, 0.3) is 0 Å². The fourth-order valence-corrected chi connectivity index (χ4v) is 1.59. The van der Waals surface area contributed by atoms with E-state index in [0.717, 1.165) is 11.5 Å². The molecule has 13 heavy (non-hydrogen) atoms. The minimum Gasteiger partial charge on any atom is -0.154 e. The van der Waals surface area contributed by atoms with Gasteiger partial charge in [-0.05, 0) is 12.8 Å². The maximum atomic E-state index is 2.28. The first-order valence-corrected chi connectivity index (χ1v) is 6.45. The summed E-state index contributed by atoms with van der Waals surface area (Å²) in [5, 5.41) is 0. The molecule has 76 valence electrons. The van der Waals surface area contributed by atoms with Gasteiger partial charge < -0.3 is 0 Å². The predicted octanol–water partition coefficient (Wildman–Crippen LogP) is 4.43. The van der Waals surface area contributed by atoms with Crippen LogP contribution in [0.3, 0.4) is 0 Å². The van der Waals surface area contributed by atoms with E-state index < -0.39 is 0 Å². The topological polar surface area (TPSA) is 0 Å². The van der Waals surface area contributed by atoms with Gasteiger partial charge in [0, 0.05) is 11.5 Å². The normalized spacial score (nSPS) is 11.8. The van der Waals surface area contributed by atoms with Gasteiger partial charge in [0.1, 0.15) is 0 Å². The summed E-state index contributed by atoms with van der Waals surface area (Å²) < 4.78 is 0. The number of allylic oxidation sites excluding steroid dienone is 2. The molecule has 0 aromatic heterocycles. The first-order valence-electron chi connectivity index (χ1n) is 5.29. The summed E-state index contributed by atoms with van der Waals surface area (Å²) in [6, 6.07) is 0. The third-order valence-corrected chi connectivity index (χ3v) is 2.53. The maximum absolute atomic E-state index is 2.28. The van der Waals surface area contributed by atoms with Crippen molar-refractivity contribution < 1.29 is 0 Å². The van der Waals surface area contributed by atoms with Crippen LogP contribution in [0.25, 0.3) is 0 Å². The third-order valence-electron chi connectivity index (χ3n) is 1.67. The van der Waals surface area contributed by atoms with Gasteiger partial charge >= 0.3 is 0 Å². The molecule has 0 N–H and O–H groups in total. The summed E-state index contributed by atoms with van der Waals surface area (Å²) in [6.45, 7) is 4.43. The Balaban J connectivity index is 3.07. The molecule has 0 saturated carbocycles. The Bertz CT molecular complexity index is 120. The summed E-state index contributed by atoms with van der Waals surface area (Å²) in [7, 11) is 0. The van der Waals surface area contributed by atoms with Crippen molar-refractivity contribution in [3.8, 4) is 0 Å². The van der Waals surface area contributed by atoms with Crippen LogP contribution in [-0.4, -0.2) is 11.5 Å². The number of thioether (sulfide) groups is 1. The average Bonchev–Trinajstić information content (AvgIpc) is 2.16. The van der Waals surface area contributed by atoms with Gasteiger partial charge in [-0.2, -0.15) is 11.8 Å². The lowest BCUT2D eigenvalue weighted by Crippen LogP contribution is -1.74. The largest absolute Gasteiger partial charge is 0.154 e. The minimum atomic E-state index is 1.16. The van der Waals surface area contributed by atoms with Crippen LogP contribution in [0, 0.1) is 0 Å². The fourth-order valence-electron chi connectivity index (χ4n) is 0.909. The molecule has 0 aliphatic heterocycles. The molecule has 1 heteroatoms. The van der Waals surface area contributed by atoms with Crippen molar-refractivity contribution in [3.05, 3.63) is 24.3 Å². The minimum absolute atomic E-state index is 1.16. The summed E-state index contributed by atoms with van der Waals surface area (Å²) in [6.07, 6.45) is 14.1. The van der Waals surface area contributed by atoms with Crippen LogP contribution in [0.1, 0.15) is 39.5 Å². The van der Waals surface area contributed by atoms with Crippen molar-refractivity contribution in [2.75, 3.05) is 11.5 Å². The van der Waals surface area contributed by atoms with E-state index in [2.05, 4.69) is 38.2 Å². The van der Waals surface area contributed by atoms with E-state index in [-0.39, 0.29) is 0 Å². The highest BCUT2D eigenvalue weighted by atomic mass is 32.2. The molecule has 0 saturated heterocycles. The molecule has 0 aromatic carbocycles. The molecule has 0 fully saturated rings. The SMILES string of the molecule is CCC/C=C/CSC/C=C/CCC. The van der Waals surface area contributed by atoms with Crippen LogP contribution in [0.4, 0.5) is 0 Å². The fraction of sp³-hybridized carbons (Fsp3) is 0.667. The number of rotatable bonds is 8. The van der Waals surface area contributed by atoms with E-state index in [1.54, 1.807) is 0 Å². The lowest BCUT2D eigenvalue weighted by Gasteiger charge is -1.91. The molecular formula is C12H22S. The summed E-state index contributed by atoms with van der Waals surface area (Å²) in [5.41, 5.74) is 0. The van der Waals surface area contributed by atoms with Gasteiger partial charge in [0.05, 0.1) is 0 Å². The maximum Gasteiger partial charge on any atom is 0.0116 e. The third kappa shape index (κ3) is 11.8. The summed E-state index contributed by atoms with van der Waals surface area (Å²) >= 11 is 1.98. The van der Waals surface area contributed by atoms with E-state index in [1.807, 2.05) is 11.8 Å². The highest BCUT2D eigenvalue weighted by molar-refractivity contribution is 7.99. The second kappa shape index (κ2) is 11.8. The van der Waals surface area contributed by atoms with Crippen LogP contribution in [0.5, 0.6) is 0 Å². The molecule has 0 amide bonds. The zero-order valence-electron chi connectivity index (χ0n) is 8.96. The van der Waals surface area contributed by atoms with Gasteiger partial charge in [0.15, 0.2) is 0 Å². The van der Waals surface area contributed by atoms with Crippen molar-refractivity contribution in [2.45, 2.75) is 39.5 Å². The lowest BCUT2D eigenvalue weighted by atomic mass is 10.3. The van der Waals surface area contributed by atoms with Crippen molar-refractivity contribution in [1.82, 2.24) is 0 Å². The number of hydrogen-bond donors (Lipinski definition) is 0. The Labute approximate surface area is 87.5 Å². The van der Waals surface area contributed by atoms with E-state index >= 15 is 0 Å². The molecule has 0 radical (unpaired) electrons. The zero-order valence-corrected chi connectivity index (χ0v) is 9.78. The second-order valence-electron chi connectivity index (χ2n) is 3.06. The molecule has 0 unspecified atom stereocenters. The molecule has 0 heterocycles. The highest BCUT2D eigenvalue weighted by Gasteiger charge is 1.80. The molecule has 0 aromatic rings. The second-order valence-corrected chi connectivity index (χ2v) is 4.13. The standard InChI is InChI=1S/C12H22S/c1-3-5-7-9-11-13-12-10-8-6-4-2/h7-10H,3-6,11-12H2,1-2H3/b9-7+,10-8+. The Morgan fingerprint density at radius 3 is 1.62 bits per heavy atom. The molecular weight excluding hydrogens is 176 g/mol. The number of hydrogen-bond acceptors (Lipinski definition) is 1. The highest BCUT2D eigenvalue weighted by Crippen LogP contribution is 2.02. The predicted molar refractivity (Wildman–Crippen MR) is 65.4 cm³/mol. The molecule has 0 aliphatic carbocycles. The van der Waals surface area contributed by atoms with Crippen molar-refractivity contribution >= 4 is 11.8 Å². The zero-order chi connectivity index (χ0) is 9.78. The van der Waals surface area contributed by atoms with Gasteiger partial charge in [-0.25, -0.2) is 0 Å². The van der Waals surface area contributed by atoms with E-state index in [4.69, 9.17) is 0 Å². The summed E-state index contributed by atoms with van der Waals surface area (Å²) in [4.78, 5) is 0. The van der Waals surface area contributed by atoms with E-state index in [0.29, 0.717) is 0 Å². The van der Waals surface area contributed by atoms with Crippen molar-refractivity contribution in [3.63, 3.8) is 0 Å². The Kier molecular flexibility index (Phi) is 11.7.